The van der Waals surface area contributed by atoms with Gasteiger partial charge in [-0.25, -0.2) is 8.42 Å². The van der Waals surface area contributed by atoms with E-state index in [1.54, 1.807) is 13.8 Å². The lowest BCUT2D eigenvalue weighted by atomic mass is 10.2. The number of hydrogen-bond donors (Lipinski definition) is 3. The first kappa shape index (κ1) is 18.0. The third-order valence-electron chi connectivity index (χ3n) is 3.53. The summed E-state index contributed by atoms with van der Waals surface area (Å²) < 4.78 is 26.1. The first-order chi connectivity index (χ1) is 11.4. The van der Waals surface area contributed by atoms with Crippen LogP contribution in [0.4, 0.5) is 5.69 Å². The molecular weight excluding hydrogens is 332 g/mol. The van der Waals surface area contributed by atoms with E-state index in [4.69, 9.17) is 0 Å². The number of carbonyl (C=O) groups is 2. The van der Waals surface area contributed by atoms with Gasteiger partial charge in [-0.05, 0) is 30.3 Å². The molecule has 1 aromatic rings. The quantitative estimate of drug-likeness (QED) is 0.693. The van der Waals surface area contributed by atoms with Crippen molar-refractivity contribution in [1.29, 1.82) is 0 Å². The van der Waals surface area contributed by atoms with Crippen molar-refractivity contribution in [3.63, 3.8) is 0 Å². The molecule has 3 N–H and O–H groups in total. The Labute approximate surface area is 140 Å². The average Bonchev–Trinajstić information content (AvgIpc) is 2.56. The number of benzene rings is 1. The van der Waals surface area contributed by atoms with Crippen LogP contribution < -0.4 is 16.2 Å². The van der Waals surface area contributed by atoms with E-state index in [-0.39, 0.29) is 22.9 Å². The van der Waals surface area contributed by atoms with Crippen molar-refractivity contribution in [1.82, 2.24) is 15.2 Å². The molecule has 0 aromatic heterocycles. The normalized spacial score (nSPS) is 14.6. The Balaban J connectivity index is 2.10. The van der Waals surface area contributed by atoms with Crippen LogP contribution in [0, 0.1) is 0 Å². The van der Waals surface area contributed by atoms with E-state index in [9.17, 15) is 18.0 Å². The lowest BCUT2D eigenvalue weighted by molar-refractivity contribution is -0.121. The van der Waals surface area contributed by atoms with E-state index in [1.165, 1.54) is 34.6 Å². The van der Waals surface area contributed by atoms with Gasteiger partial charge in [0.05, 0.1) is 4.90 Å². The van der Waals surface area contributed by atoms with Gasteiger partial charge in [-0.3, -0.25) is 20.4 Å². The summed E-state index contributed by atoms with van der Waals surface area (Å²) in [6.45, 7) is 4.34. The van der Waals surface area contributed by atoms with Gasteiger partial charge in [0.1, 0.15) is 5.70 Å². The van der Waals surface area contributed by atoms with E-state index in [0.29, 0.717) is 18.8 Å². The minimum absolute atomic E-state index is 0.122. The van der Waals surface area contributed by atoms with E-state index >= 15 is 0 Å². The van der Waals surface area contributed by atoms with E-state index in [0.717, 1.165) is 0 Å². The van der Waals surface area contributed by atoms with Crippen molar-refractivity contribution >= 4 is 27.5 Å². The molecule has 0 saturated heterocycles. The number of carbonyl (C=O) groups excluding carboxylic acids is 2. The number of sulfonamides is 1. The number of nitrogens with one attached hydrogen (secondary N) is 3. The molecule has 0 radical (unpaired) electrons. The van der Waals surface area contributed by atoms with E-state index in [1.807, 2.05) is 0 Å². The summed E-state index contributed by atoms with van der Waals surface area (Å²) in [6, 6.07) is 5.95. The van der Waals surface area contributed by atoms with Crippen LogP contribution in [0.25, 0.3) is 0 Å². The zero-order chi connectivity index (χ0) is 17.7. The highest BCUT2D eigenvalue weighted by Crippen LogP contribution is 2.18. The molecule has 1 heterocycles. The van der Waals surface area contributed by atoms with Crippen LogP contribution in [-0.4, -0.2) is 37.6 Å². The van der Waals surface area contributed by atoms with Crippen LogP contribution in [0.3, 0.4) is 0 Å². The zero-order valence-electron chi connectivity index (χ0n) is 13.5. The molecule has 0 unspecified atom stereocenters. The SMILES string of the molecule is CCN(CC)S(=O)(=O)c1ccc(NC(=O)C2=CCC(=O)NN2)cc1. The molecule has 24 heavy (non-hydrogen) atoms. The standard InChI is InChI=1S/C15H20N4O4S/c1-3-19(4-2)24(22,23)12-7-5-11(6-8-12)16-15(21)13-9-10-14(20)18-17-13/h5-9,17H,3-4,10H2,1-2H3,(H,16,21)(H,18,20). The number of amides is 2. The van der Waals surface area contributed by atoms with Crippen LogP contribution >= 0.6 is 0 Å². The summed E-state index contributed by atoms with van der Waals surface area (Å²) in [4.78, 5) is 23.2. The van der Waals surface area contributed by atoms with Crippen molar-refractivity contribution in [3.05, 3.63) is 36.0 Å². The van der Waals surface area contributed by atoms with Gasteiger partial charge in [0.2, 0.25) is 15.9 Å². The first-order valence-corrected chi connectivity index (χ1v) is 8.99. The minimum atomic E-state index is -3.52. The van der Waals surface area contributed by atoms with Gasteiger partial charge in [-0.2, -0.15) is 4.31 Å². The Kier molecular flexibility index (Phi) is 5.58. The molecule has 2 rings (SSSR count). The van der Waals surface area contributed by atoms with Gasteiger partial charge < -0.3 is 5.32 Å². The van der Waals surface area contributed by atoms with Crippen molar-refractivity contribution in [2.45, 2.75) is 25.2 Å². The van der Waals surface area contributed by atoms with Crippen molar-refractivity contribution in [2.75, 3.05) is 18.4 Å². The predicted octanol–water partition coefficient (Wildman–Crippen LogP) is 0.564. The first-order valence-electron chi connectivity index (χ1n) is 7.55. The topological polar surface area (TPSA) is 108 Å². The van der Waals surface area contributed by atoms with Gasteiger partial charge in [0.25, 0.3) is 5.91 Å². The molecule has 1 aliphatic heterocycles. The van der Waals surface area contributed by atoms with Gasteiger partial charge in [-0.15, -0.1) is 0 Å². The van der Waals surface area contributed by atoms with E-state index in [2.05, 4.69) is 16.2 Å². The Hall–Kier alpha value is -2.39. The Morgan fingerprint density at radius 1 is 1.17 bits per heavy atom. The highest BCUT2D eigenvalue weighted by Gasteiger charge is 2.21. The lowest BCUT2D eigenvalue weighted by Crippen LogP contribution is -2.43. The minimum Gasteiger partial charge on any atom is -0.321 e. The molecule has 0 atom stereocenters. The summed E-state index contributed by atoms with van der Waals surface area (Å²) in [5.74, 6) is -0.646. The van der Waals surface area contributed by atoms with Crippen LogP contribution in [0.5, 0.6) is 0 Å². The molecule has 9 heteroatoms. The second kappa shape index (κ2) is 7.45. The molecule has 130 valence electrons. The van der Waals surface area contributed by atoms with Crippen molar-refractivity contribution in [2.24, 2.45) is 0 Å². The number of nitrogens with zero attached hydrogens (tertiary/aromatic N) is 1. The maximum absolute atomic E-state index is 12.4. The third kappa shape index (κ3) is 3.92. The molecule has 8 nitrogen and oxygen atoms in total. The van der Waals surface area contributed by atoms with Crippen molar-refractivity contribution < 1.29 is 18.0 Å². The zero-order valence-corrected chi connectivity index (χ0v) is 14.3. The lowest BCUT2D eigenvalue weighted by Gasteiger charge is -2.19. The molecule has 1 aromatic carbocycles. The van der Waals surface area contributed by atoms with Gasteiger partial charge in [-0.1, -0.05) is 13.8 Å². The maximum atomic E-state index is 12.4. The number of anilines is 1. The largest absolute Gasteiger partial charge is 0.321 e. The number of hydrogen-bond acceptors (Lipinski definition) is 5. The Morgan fingerprint density at radius 2 is 1.79 bits per heavy atom. The summed E-state index contributed by atoms with van der Waals surface area (Å²) in [6.07, 6.45) is 1.60. The van der Waals surface area contributed by atoms with Crippen molar-refractivity contribution in [3.8, 4) is 0 Å². The monoisotopic (exact) mass is 352 g/mol. The van der Waals surface area contributed by atoms with Gasteiger partial charge in [0, 0.05) is 25.2 Å². The fourth-order valence-corrected chi connectivity index (χ4v) is 3.66. The smallest absolute Gasteiger partial charge is 0.273 e. The molecule has 0 aliphatic carbocycles. The van der Waals surface area contributed by atoms with Crippen LogP contribution in [0.1, 0.15) is 20.3 Å². The molecule has 0 fully saturated rings. The Morgan fingerprint density at radius 3 is 2.29 bits per heavy atom. The van der Waals surface area contributed by atoms with Crippen LogP contribution in [0.2, 0.25) is 0 Å². The fourth-order valence-electron chi connectivity index (χ4n) is 2.20. The summed E-state index contributed by atoms with van der Waals surface area (Å²) >= 11 is 0. The summed E-state index contributed by atoms with van der Waals surface area (Å²) in [5, 5.41) is 2.63. The number of rotatable bonds is 6. The molecule has 1 aliphatic rings. The third-order valence-corrected chi connectivity index (χ3v) is 5.59. The highest BCUT2D eigenvalue weighted by atomic mass is 32.2. The molecule has 0 bridgehead atoms. The van der Waals surface area contributed by atoms with Crippen LogP contribution in [0.15, 0.2) is 40.9 Å². The highest BCUT2D eigenvalue weighted by molar-refractivity contribution is 7.89. The molecule has 2 amide bonds. The summed E-state index contributed by atoms with van der Waals surface area (Å²) in [7, 11) is -3.52. The summed E-state index contributed by atoms with van der Waals surface area (Å²) in [5.41, 5.74) is 5.54. The molecular formula is C15H20N4O4S. The average molecular weight is 352 g/mol. The fraction of sp³-hybridized carbons (Fsp3) is 0.333. The maximum Gasteiger partial charge on any atom is 0.273 e. The van der Waals surface area contributed by atoms with Crippen LogP contribution in [-0.2, 0) is 19.6 Å². The second-order valence-corrected chi connectivity index (χ2v) is 7.00. The van der Waals surface area contributed by atoms with Gasteiger partial charge in [0.15, 0.2) is 0 Å². The Bertz CT molecular complexity index is 752. The second-order valence-electron chi connectivity index (χ2n) is 5.06. The molecule has 0 saturated carbocycles. The van der Waals surface area contributed by atoms with E-state index < -0.39 is 15.9 Å². The number of hydrazine groups is 1. The van der Waals surface area contributed by atoms with Gasteiger partial charge >= 0.3 is 0 Å². The predicted molar refractivity (Wildman–Crippen MR) is 89.2 cm³/mol. The molecule has 0 spiro atoms.